The first-order valence-electron chi connectivity index (χ1n) is 21.6. The number of nitrogens with one attached hydrogen (secondary N) is 3. The van der Waals surface area contributed by atoms with Crippen molar-refractivity contribution in [3.05, 3.63) is 149 Å². The lowest BCUT2D eigenvalue weighted by Gasteiger charge is -2.01. The van der Waals surface area contributed by atoms with Crippen LogP contribution in [0.25, 0.3) is 54.0 Å². The molecule has 398 valence electrons. The highest BCUT2D eigenvalue weighted by molar-refractivity contribution is 8.00. The predicted molar refractivity (Wildman–Crippen MR) is 275 cm³/mol. The number of imidazole rings is 1. The third-order valence-corrected chi connectivity index (χ3v) is 12.2. The lowest BCUT2D eigenvalue weighted by Crippen LogP contribution is -2.19. The molecule has 0 bridgehead atoms. The van der Waals surface area contributed by atoms with Crippen LogP contribution < -0.4 is 4.74 Å². The van der Waals surface area contributed by atoms with Gasteiger partial charge in [-0.1, -0.05) is 11.8 Å². The fourth-order valence-corrected chi connectivity index (χ4v) is 8.43. The van der Waals surface area contributed by atoms with Crippen molar-refractivity contribution in [1.29, 1.82) is 0 Å². The number of hydrogen-bond acceptors (Lipinski definition) is 19. The van der Waals surface area contributed by atoms with E-state index in [1.807, 2.05) is 0 Å². The van der Waals surface area contributed by atoms with Gasteiger partial charge in [0.15, 0.2) is 5.69 Å². The van der Waals surface area contributed by atoms with Crippen molar-refractivity contribution in [2.24, 2.45) is 0 Å². The molecule has 1 unspecified atom stereocenters. The van der Waals surface area contributed by atoms with Gasteiger partial charge in [0, 0.05) is 33.8 Å². The summed E-state index contributed by atoms with van der Waals surface area (Å²) in [5.74, 6) is -5.51. The molecule has 11 aromatic rings. The Hall–Kier alpha value is -11.0. The van der Waals surface area contributed by atoms with Crippen LogP contribution >= 0.6 is 23.1 Å². The molecule has 28 heteroatoms. The van der Waals surface area contributed by atoms with Crippen LogP contribution in [-0.2, 0) is 4.79 Å². The first kappa shape index (κ1) is 54.8. The number of ether oxygens (including phenoxy) is 1. The molecule has 0 fully saturated rings. The highest BCUT2D eigenvalue weighted by Gasteiger charge is 2.30. The van der Waals surface area contributed by atoms with E-state index in [0.29, 0.717) is 64.7 Å². The second kappa shape index (κ2) is 23.5. The van der Waals surface area contributed by atoms with Crippen LogP contribution in [0.15, 0.2) is 131 Å². The number of aromatic amines is 3. The number of carboxylic acid groups (broad SMARTS) is 6. The third-order valence-electron chi connectivity index (χ3n) is 10.1. The van der Waals surface area contributed by atoms with Crippen LogP contribution in [0.5, 0.6) is 40.2 Å². The van der Waals surface area contributed by atoms with E-state index in [2.05, 4.69) is 30.1 Å². The number of carbonyl (C=O) groups is 6. The zero-order valence-electron chi connectivity index (χ0n) is 38.9. The van der Waals surface area contributed by atoms with Crippen LogP contribution in [0.3, 0.4) is 0 Å². The first-order chi connectivity index (χ1) is 37.0. The minimum absolute atomic E-state index is 0.0324. The van der Waals surface area contributed by atoms with Gasteiger partial charge >= 0.3 is 35.8 Å². The summed E-state index contributed by atoms with van der Waals surface area (Å²) in [6.45, 7) is 0. The average Bonchev–Trinajstić information content (AvgIpc) is 4.26. The summed E-state index contributed by atoms with van der Waals surface area (Å²) in [5.41, 5.74) is 2.50. The molecule has 0 radical (unpaired) electrons. The van der Waals surface area contributed by atoms with Crippen molar-refractivity contribution in [3.63, 3.8) is 0 Å². The van der Waals surface area contributed by atoms with E-state index in [-0.39, 0.29) is 62.5 Å². The quantitative estimate of drug-likeness (QED) is 0.0743. The summed E-state index contributed by atoms with van der Waals surface area (Å²) >= 11 is 2.13. The summed E-state index contributed by atoms with van der Waals surface area (Å²) in [6.07, 6.45) is 0. The molecule has 15 N–H and O–H groups in total. The Morgan fingerprint density at radius 3 is 1.77 bits per heavy atom. The van der Waals surface area contributed by atoms with Gasteiger partial charge in [0.05, 0.1) is 31.7 Å². The first-order valence-corrected chi connectivity index (χ1v) is 23.3. The second-order valence-electron chi connectivity index (χ2n) is 15.6. The molecule has 26 nitrogen and oxygen atoms in total. The molecule has 0 saturated carbocycles. The highest BCUT2D eigenvalue weighted by atomic mass is 32.2. The monoisotopic (exact) mass is 1100 g/mol. The smallest absolute Gasteiger partial charge is 0.371 e. The van der Waals surface area contributed by atoms with Crippen LogP contribution in [0, 0.1) is 0 Å². The third kappa shape index (κ3) is 13.6. The molecule has 1 atom stereocenters. The zero-order chi connectivity index (χ0) is 56.5. The van der Waals surface area contributed by atoms with Crippen LogP contribution in [0.1, 0.15) is 52.0 Å². The number of aliphatic carboxylic acids is 1. The Kier molecular flexibility index (Phi) is 16.5. The van der Waals surface area contributed by atoms with Crippen molar-refractivity contribution in [3.8, 4) is 40.2 Å². The molecule has 1 aliphatic rings. The molecule has 0 aliphatic carbocycles. The molecule has 0 amide bonds. The Morgan fingerprint density at radius 1 is 0.513 bits per heavy atom. The van der Waals surface area contributed by atoms with Crippen LogP contribution in [0.4, 0.5) is 0 Å². The number of aromatic carboxylic acids is 5. The Labute approximate surface area is 440 Å². The number of aromatic nitrogens is 6. The topological polar surface area (TPSA) is 454 Å². The number of phenols is 6. The summed E-state index contributed by atoms with van der Waals surface area (Å²) in [5, 5.41) is 114. The van der Waals surface area contributed by atoms with Gasteiger partial charge in [-0.15, -0.1) is 11.3 Å². The van der Waals surface area contributed by atoms with Gasteiger partial charge in [-0.05, 0) is 109 Å². The molecule has 6 heterocycles. The number of rotatable bonds is 6. The second-order valence-corrected chi connectivity index (χ2v) is 17.7. The number of phenolic OH excluding ortho intramolecular Hbond substituents is 6. The molecule has 0 spiro atoms. The molecular formula is C50H36N6O20S2. The number of hydrogen-bond donors (Lipinski definition) is 15. The number of furan rings is 1. The van der Waals surface area contributed by atoms with Crippen LogP contribution in [0.2, 0.25) is 0 Å². The van der Waals surface area contributed by atoms with Crippen LogP contribution in [-0.4, -0.2) is 133 Å². The normalized spacial score (nSPS) is 11.9. The number of carboxylic acids is 6. The highest BCUT2D eigenvalue weighted by Crippen LogP contribution is 2.42. The van der Waals surface area contributed by atoms with Gasteiger partial charge in [-0.25, -0.2) is 38.7 Å². The zero-order valence-corrected chi connectivity index (χ0v) is 40.5. The van der Waals surface area contributed by atoms with E-state index >= 15 is 0 Å². The van der Waals surface area contributed by atoms with Crippen molar-refractivity contribution < 1.29 is 99.2 Å². The minimum atomic E-state index is -1.12. The van der Waals surface area contributed by atoms with Gasteiger partial charge in [-0.2, -0.15) is 5.10 Å². The number of aromatic hydroxyl groups is 6. The van der Waals surface area contributed by atoms with E-state index in [1.165, 1.54) is 97.1 Å². The van der Waals surface area contributed by atoms with Crippen molar-refractivity contribution >= 4 is 113 Å². The van der Waals surface area contributed by atoms with E-state index in [0.717, 1.165) is 23.1 Å². The van der Waals surface area contributed by atoms with E-state index < -0.39 is 41.3 Å². The summed E-state index contributed by atoms with van der Waals surface area (Å²) in [4.78, 5) is 76.8. The Balaban J connectivity index is 0.000000136. The maximum absolute atomic E-state index is 10.6. The maximum atomic E-state index is 10.6. The summed E-state index contributed by atoms with van der Waals surface area (Å²) in [7, 11) is 0. The Morgan fingerprint density at radius 2 is 1.12 bits per heavy atom. The Bertz CT molecular complexity index is 3710. The summed E-state index contributed by atoms with van der Waals surface area (Å²) < 4.78 is 10.7. The SMILES string of the molecule is O=C(O)C1Oc2ccc(O)cc2S1.O=C(O)c1cc2cc(O)ccc2[nH]1.O=C(O)c1cc2cc(O)ccc2o1.O=C(O)c1n[nH]c2cc(O)ccc12.O=C(O)c1nc2ccc(O)cc2[nH]1.O=C(O)c1nc2ccc(O)cc2s1. The fourth-order valence-electron chi connectivity index (χ4n) is 6.69. The maximum Gasteiger partial charge on any atom is 0.371 e. The molecule has 78 heavy (non-hydrogen) atoms. The van der Waals surface area contributed by atoms with E-state index in [9.17, 15) is 28.8 Å². The number of nitrogens with zero attached hydrogens (tertiary/aromatic N) is 3. The predicted octanol–water partition coefficient (Wildman–Crippen LogP) is 8.33. The number of benzene rings is 6. The molecule has 1 aliphatic heterocycles. The van der Waals surface area contributed by atoms with E-state index in [1.54, 1.807) is 24.3 Å². The lowest BCUT2D eigenvalue weighted by molar-refractivity contribution is -0.140. The van der Waals surface area contributed by atoms with Gasteiger partial charge in [0.25, 0.3) is 0 Å². The fraction of sp³-hybridized carbons (Fsp3) is 0.0200. The molecule has 6 aromatic carbocycles. The molecule has 5 aromatic heterocycles. The number of thiazole rings is 1. The number of H-pyrrole nitrogens is 3. The minimum Gasteiger partial charge on any atom is -0.508 e. The molecule has 12 rings (SSSR count). The standard InChI is InChI=1S/C9H7NO3.C9H6O4.2C8H6N2O3.C8H5NO3S.C8H6O4S/c11-6-1-2-7-5(3-6)4-8(10-7)9(12)13;10-6-1-2-7-5(3-6)4-8(13-7)9(11)12;11-4-1-2-5-6(3-4)10-7(9-5)8(12)13;11-4-1-2-5-6(3-4)9-10-7(5)8(12)13;10-4-1-2-5-6(3-4)13-7(9-5)8(11)12;9-4-1-2-5-6(3-4)13-8(12-5)7(10)11/h1-4,10-11H,(H,12,13);1-4,10H,(H,11,12);2*1-3,11H,(H,9,10)(H,12,13);1-3,10H,(H,11,12);1-3,8-9H,(H,10,11). The average molecular weight is 1100 g/mol. The van der Waals surface area contributed by atoms with Gasteiger partial charge in [0.1, 0.15) is 51.5 Å². The lowest BCUT2D eigenvalue weighted by atomic mass is 10.2. The van der Waals surface area contributed by atoms with Crippen molar-refractivity contribution in [2.45, 2.75) is 10.3 Å². The van der Waals surface area contributed by atoms with Crippen molar-refractivity contribution in [2.75, 3.05) is 0 Å². The number of fused-ring (bicyclic) bond motifs is 6. The number of thioether (sulfide) groups is 1. The molecule has 0 saturated heterocycles. The van der Waals surface area contributed by atoms with Gasteiger partial charge in [0.2, 0.25) is 22.0 Å². The van der Waals surface area contributed by atoms with Crippen molar-refractivity contribution in [1.82, 2.24) is 30.1 Å². The van der Waals surface area contributed by atoms with Gasteiger partial charge < -0.3 is 80.4 Å². The van der Waals surface area contributed by atoms with E-state index in [4.69, 9.17) is 70.4 Å². The molecular weight excluding hydrogens is 1070 g/mol. The van der Waals surface area contributed by atoms with Gasteiger partial charge in [-0.3, -0.25) is 5.10 Å². The largest absolute Gasteiger partial charge is 0.508 e. The summed E-state index contributed by atoms with van der Waals surface area (Å²) in [6, 6.07) is 29.8.